The number of anilines is 1. The second kappa shape index (κ2) is 7.72. The summed E-state index contributed by atoms with van der Waals surface area (Å²) in [6.45, 7) is 2.25. The molecule has 0 saturated carbocycles. The van der Waals surface area contributed by atoms with Gasteiger partial charge in [-0.05, 0) is 42.7 Å². The van der Waals surface area contributed by atoms with Gasteiger partial charge < -0.3 is 10.4 Å². The van der Waals surface area contributed by atoms with Gasteiger partial charge in [-0.25, -0.2) is 8.78 Å². The van der Waals surface area contributed by atoms with Crippen molar-refractivity contribution in [3.63, 3.8) is 0 Å². The molecule has 25 heavy (non-hydrogen) atoms. The molecule has 2 aromatic rings. The molecule has 0 unspecified atom stereocenters. The molecule has 0 spiro atoms. The lowest BCUT2D eigenvalue weighted by Crippen LogP contribution is -2.35. The van der Waals surface area contributed by atoms with Gasteiger partial charge in [0, 0.05) is 30.9 Å². The topological polar surface area (TPSA) is 52.6 Å². The van der Waals surface area contributed by atoms with Crippen molar-refractivity contribution in [2.45, 2.75) is 25.5 Å². The molecule has 0 radical (unpaired) electrons. The fraction of sp³-hybridized carbons (Fsp3) is 0.316. The predicted molar refractivity (Wildman–Crippen MR) is 91.3 cm³/mol. The van der Waals surface area contributed by atoms with Crippen molar-refractivity contribution in [3.05, 3.63) is 65.2 Å². The Bertz CT molecular complexity index is 759. The molecule has 3 rings (SSSR count). The van der Waals surface area contributed by atoms with Gasteiger partial charge in [0.05, 0.1) is 6.10 Å². The quantitative estimate of drug-likeness (QED) is 0.894. The Labute approximate surface area is 145 Å². The van der Waals surface area contributed by atoms with Crippen molar-refractivity contribution in [2.75, 3.05) is 18.4 Å². The lowest BCUT2D eigenvalue weighted by Gasteiger charge is -2.30. The van der Waals surface area contributed by atoms with Crippen molar-refractivity contribution >= 4 is 11.6 Å². The highest BCUT2D eigenvalue weighted by atomic mass is 19.2. The molecular formula is C19H20F2N2O2. The number of aliphatic hydroxyl groups is 1. The summed E-state index contributed by atoms with van der Waals surface area (Å²) in [4.78, 5) is 14.5. The van der Waals surface area contributed by atoms with Gasteiger partial charge >= 0.3 is 0 Å². The summed E-state index contributed by atoms with van der Waals surface area (Å²) in [5.74, 6) is -2.52. The standard InChI is InChI=1S/C19H20F2N2O2/c20-16-6-5-13(11-17(16)21)19(25)22-18-4-2-1-3-14(18)12-23-9-7-15(24)8-10-23/h1-6,11,15,24H,7-10,12H2,(H,22,25). The fourth-order valence-corrected chi connectivity index (χ4v) is 2.93. The van der Waals surface area contributed by atoms with Gasteiger partial charge in [-0.15, -0.1) is 0 Å². The number of piperidine rings is 1. The Morgan fingerprint density at radius 1 is 1.12 bits per heavy atom. The highest BCUT2D eigenvalue weighted by Gasteiger charge is 2.18. The molecule has 1 fully saturated rings. The molecule has 0 aliphatic carbocycles. The fourth-order valence-electron chi connectivity index (χ4n) is 2.93. The summed E-state index contributed by atoms with van der Waals surface area (Å²) in [5.41, 5.74) is 1.65. The normalized spacial score (nSPS) is 16.0. The molecule has 1 aliphatic rings. The van der Waals surface area contributed by atoms with Crippen LogP contribution in [0.15, 0.2) is 42.5 Å². The molecule has 0 atom stereocenters. The third-order valence-electron chi connectivity index (χ3n) is 4.40. The van der Waals surface area contributed by atoms with E-state index in [0.29, 0.717) is 12.2 Å². The number of likely N-dealkylation sites (tertiary alicyclic amines) is 1. The highest BCUT2D eigenvalue weighted by molar-refractivity contribution is 6.04. The molecule has 1 amide bonds. The van der Waals surface area contributed by atoms with Crippen molar-refractivity contribution < 1.29 is 18.7 Å². The van der Waals surface area contributed by atoms with Crippen LogP contribution in [0.1, 0.15) is 28.8 Å². The number of carbonyl (C=O) groups is 1. The van der Waals surface area contributed by atoms with E-state index in [-0.39, 0.29) is 11.7 Å². The van der Waals surface area contributed by atoms with Crippen LogP contribution in [-0.4, -0.2) is 35.1 Å². The van der Waals surface area contributed by atoms with Crippen molar-refractivity contribution in [3.8, 4) is 0 Å². The maximum absolute atomic E-state index is 13.3. The minimum Gasteiger partial charge on any atom is -0.393 e. The number of hydrogen-bond acceptors (Lipinski definition) is 3. The molecule has 2 N–H and O–H groups in total. The van der Waals surface area contributed by atoms with Crippen LogP contribution < -0.4 is 5.32 Å². The van der Waals surface area contributed by atoms with Crippen LogP contribution in [-0.2, 0) is 6.54 Å². The third-order valence-corrected chi connectivity index (χ3v) is 4.40. The van der Waals surface area contributed by atoms with E-state index in [2.05, 4.69) is 10.2 Å². The van der Waals surface area contributed by atoms with Crippen LogP contribution in [0.3, 0.4) is 0 Å². The molecular weight excluding hydrogens is 326 g/mol. The maximum atomic E-state index is 13.3. The van der Waals surface area contributed by atoms with E-state index in [1.54, 1.807) is 6.07 Å². The third kappa shape index (κ3) is 4.41. The number of para-hydroxylation sites is 1. The lowest BCUT2D eigenvalue weighted by atomic mass is 10.1. The van der Waals surface area contributed by atoms with Crippen LogP contribution >= 0.6 is 0 Å². The van der Waals surface area contributed by atoms with E-state index in [4.69, 9.17) is 0 Å². The van der Waals surface area contributed by atoms with Gasteiger partial charge in [0.2, 0.25) is 0 Å². The largest absolute Gasteiger partial charge is 0.393 e. The smallest absolute Gasteiger partial charge is 0.255 e. The second-order valence-electron chi connectivity index (χ2n) is 6.25. The minimum atomic E-state index is -1.05. The number of carbonyl (C=O) groups excluding carboxylic acids is 1. The first-order valence-corrected chi connectivity index (χ1v) is 8.27. The van der Waals surface area contributed by atoms with E-state index < -0.39 is 17.5 Å². The van der Waals surface area contributed by atoms with Gasteiger partial charge in [-0.3, -0.25) is 9.69 Å². The summed E-state index contributed by atoms with van der Waals surface area (Å²) < 4.78 is 26.3. The molecule has 1 heterocycles. The van der Waals surface area contributed by atoms with Gasteiger partial charge in [0.15, 0.2) is 11.6 Å². The first-order valence-electron chi connectivity index (χ1n) is 8.27. The number of nitrogens with zero attached hydrogens (tertiary/aromatic N) is 1. The molecule has 1 saturated heterocycles. The van der Waals surface area contributed by atoms with Gasteiger partial charge in [0.25, 0.3) is 5.91 Å². The molecule has 132 valence electrons. The van der Waals surface area contributed by atoms with Crippen molar-refractivity contribution in [2.24, 2.45) is 0 Å². The first kappa shape index (κ1) is 17.5. The SMILES string of the molecule is O=C(Nc1ccccc1CN1CCC(O)CC1)c1ccc(F)c(F)c1. The zero-order valence-electron chi connectivity index (χ0n) is 13.7. The van der Waals surface area contributed by atoms with E-state index in [0.717, 1.165) is 43.6 Å². The molecule has 6 heteroatoms. The number of aliphatic hydroxyl groups excluding tert-OH is 1. The Kier molecular flexibility index (Phi) is 5.40. The van der Waals surface area contributed by atoms with Crippen molar-refractivity contribution in [1.82, 2.24) is 4.90 Å². The van der Waals surface area contributed by atoms with Crippen LogP contribution in [0.25, 0.3) is 0 Å². The average Bonchev–Trinajstić information content (AvgIpc) is 2.61. The highest BCUT2D eigenvalue weighted by Crippen LogP contribution is 2.21. The summed E-state index contributed by atoms with van der Waals surface area (Å²) in [6, 6.07) is 10.5. The summed E-state index contributed by atoms with van der Waals surface area (Å²) in [7, 11) is 0. The summed E-state index contributed by atoms with van der Waals surface area (Å²) in [5, 5.41) is 12.4. The average molecular weight is 346 g/mol. The Morgan fingerprint density at radius 2 is 1.84 bits per heavy atom. The van der Waals surface area contributed by atoms with Gasteiger partial charge in [-0.1, -0.05) is 18.2 Å². The summed E-state index contributed by atoms with van der Waals surface area (Å²) >= 11 is 0. The summed E-state index contributed by atoms with van der Waals surface area (Å²) in [6.07, 6.45) is 1.24. The van der Waals surface area contributed by atoms with Crippen LogP contribution in [0.5, 0.6) is 0 Å². The van der Waals surface area contributed by atoms with E-state index >= 15 is 0 Å². The molecule has 0 aromatic heterocycles. The van der Waals surface area contributed by atoms with E-state index in [1.165, 1.54) is 6.07 Å². The number of halogens is 2. The number of amides is 1. The number of rotatable bonds is 4. The van der Waals surface area contributed by atoms with E-state index in [9.17, 15) is 18.7 Å². The zero-order valence-corrected chi connectivity index (χ0v) is 13.7. The monoisotopic (exact) mass is 346 g/mol. The van der Waals surface area contributed by atoms with E-state index in [1.807, 2.05) is 18.2 Å². The van der Waals surface area contributed by atoms with Crippen molar-refractivity contribution in [1.29, 1.82) is 0 Å². The molecule has 0 bridgehead atoms. The molecule has 2 aromatic carbocycles. The molecule has 1 aliphatic heterocycles. The lowest BCUT2D eigenvalue weighted by molar-refractivity contribution is 0.0793. The predicted octanol–water partition coefficient (Wildman–Crippen LogP) is 3.17. The second-order valence-corrected chi connectivity index (χ2v) is 6.25. The Morgan fingerprint density at radius 3 is 2.56 bits per heavy atom. The minimum absolute atomic E-state index is 0.0646. The Balaban J connectivity index is 1.72. The first-order chi connectivity index (χ1) is 12.0. The number of benzene rings is 2. The maximum Gasteiger partial charge on any atom is 0.255 e. The van der Waals surface area contributed by atoms with Crippen LogP contribution in [0, 0.1) is 11.6 Å². The van der Waals surface area contributed by atoms with Gasteiger partial charge in [-0.2, -0.15) is 0 Å². The van der Waals surface area contributed by atoms with Crippen LogP contribution in [0.2, 0.25) is 0 Å². The zero-order chi connectivity index (χ0) is 17.8. The molecule has 4 nitrogen and oxygen atoms in total. The number of nitrogens with one attached hydrogen (secondary N) is 1. The van der Waals surface area contributed by atoms with Crippen LogP contribution in [0.4, 0.5) is 14.5 Å². The Hall–Kier alpha value is -2.31. The van der Waals surface area contributed by atoms with Gasteiger partial charge in [0.1, 0.15) is 0 Å². The number of hydrogen-bond donors (Lipinski definition) is 2.